The van der Waals surface area contributed by atoms with Crippen LogP contribution in [0.15, 0.2) is 24.3 Å². The van der Waals surface area contributed by atoms with Crippen molar-refractivity contribution in [1.82, 2.24) is 4.31 Å². The maximum Gasteiger partial charge on any atom is 0.119 e. The minimum atomic E-state index is -2.08. The lowest BCUT2D eigenvalue weighted by molar-refractivity contribution is 0.136. The predicted molar refractivity (Wildman–Crippen MR) is 77.8 cm³/mol. The molecule has 1 aliphatic rings. The average molecular weight is 269 g/mol. The molecule has 1 aromatic carbocycles. The summed E-state index contributed by atoms with van der Waals surface area (Å²) in [5.41, 5.74) is 1.22. The van der Waals surface area contributed by atoms with Crippen molar-refractivity contribution in [3.8, 4) is 5.75 Å². The second kappa shape index (κ2) is 5.41. The number of aryl methyl sites for hydroxylation is 1. The van der Waals surface area contributed by atoms with Crippen LogP contribution >= 0.6 is 0 Å². The number of piperidine rings is 1. The quantitative estimate of drug-likeness (QED) is 0.851. The first-order valence-electron chi connectivity index (χ1n) is 6.49. The van der Waals surface area contributed by atoms with Crippen LogP contribution in [0.1, 0.15) is 18.4 Å². The zero-order chi connectivity index (χ0) is 13.2. The van der Waals surface area contributed by atoms with Crippen LogP contribution in [0.4, 0.5) is 0 Å². The minimum Gasteiger partial charge on any atom is -0.490 e. The van der Waals surface area contributed by atoms with E-state index in [9.17, 15) is 4.21 Å². The Morgan fingerprint density at radius 2 is 1.94 bits per heavy atom. The molecule has 0 radical (unpaired) electrons. The summed E-state index contributed by atoms with van der Waals surface area (Å²) < 4.78 is 20.0. The summed E-state index contributed by atoms with van der Waals surface area (Å²) in [5, 5.41) is 0. The first-order chi connectivity index (χ1) is 8.45. The molecule has 4 heteroatoms. The molecule has 0 N–H and O–H groups in total. The Hall–Kier alpha value is -0.870. The lowest BCUT2D eigenvalue weighted by Crippen LogP contribution is -2.43. The Bertz CT molecular complexity index is 447. The van der Waals surface area contributed by atoms with E-state index in [4.69, 9.17) is 4.74 Å². The molecular weight excluding hydrogens is 246 g/mol. The second-order valence-electron chi connectivity index (χ2n) is 5.38. The van der Waals surface area contributed by atoms with Crippen LogP contribution in [0.2, 0.25) is 0 Å². The van der Waals surface area contributed by atoms with Crippen LogP contribution in [0.3, 0.4) is 0 Å². The van der Waals surface area contributed by atoms with Crippen molar-refractivity contribution in [2.75, 3.05) is 25.6 Å². The average Bonchev–Trinajstić information content (AvgIpc) is 2.28. The molecular formula is C14H23NO2S. The van der Waals surface area contributed by atoms with Gasteiger partial charge in [-0.25, -0.2) is 4.31 Å². The van der Waals surface area contributed by atoms with Gasteiger partial charge in [0.2, 0.25) is 0 Å². The highest BCUT2D eigenvalue weighted by Gasteiger charge is 2.24. The molecule has 0 bridgehead atoms. The van der Waals surface area contributed by atoms with Gasteiger partial charge in [-0.05, 0) is 37.5 Å². The van der Waals surface area contributed by atoms with Gasteiger partial charge in [0, 0.05) is 25.6 Å². The molecule has 0 saturated carbocycles. The molecule has 0 amide bonds. The van der Waals surface area contributed by atoms with Gasteiger partial charge in [-0.3, -0.25) is 4.21 Å². The van der Waals surface area contributed by atoms with Crippen molar-refractivity contribution in [2.45, 2.75) is 25.9 Å². The zero-order valence-electron chi connectivity index (χ0n) is 11.4. The molecule has 2 rings (SSSR count). The predicted octanol–water partition coefficient (Wildman–Crippen LogP) is 2.03. The van der Waals surface area contributed by atoms with Gasteiger partial charge in [0.15, 0.2) is 0 Å². The monoisotopic (exact) mass is 269 g/mol. The second-order valence-corrected chi connectivity index (χ2v) is 8.54. The molecule has 1 heterocycles. The third-order valence-corrected chi connectivity index (χ3v) is 5.15. The van der Waals surface area contributed by atoms with Gasteiger partial charge in [0.25, 0.3) is 0 Å². The third kappa shape index (κ3) is 3.56. The molecule has 0 aromatic heterocycles. The topological polar surface area (TPSA) is 29.5 Å². The summed E-state index contributed by atoms with van der Waals surface area (Å²) in [7, 11) is -2.08. The van der Waals surface area contributed by atoms with Gasteiger partial charge in [-0.1, -0.05) is 22.3 Å². The SMILES string of the molecule is Cc1cccc(OC2CCN([SH](C)(C)=O)CC2)c1. The fourth-order valence-electron chi connectivity index (χ4n) is 2.32. The number of ether oxygens (including phenoxy) is 1. The number of thiol groups is 1. The molecule has 3 nitrogen and oxygen atoms in total. The molecule has 1 aliphatic heterocycles. The fraction of sp³-hybridized carbons (Fsp3) is 0.571. The van der Waals surface area contributed by atoms with Crippen molar-refractivity contribution in [3.63, 3.8) is 0 Å². The maximum atomic E-state index is 12.0. The lowest BCUT2D eigenvalue weighted by atomic mass is 10.1. The molecule has 1 aromatic rings. The van der Waals surface area contributed by atoms with Gasteiger partial charge in [-0.15, -0.1) is 0 Å². The molecule has 0 atom stereocenters. The van der Waals surface area contributed by atoms with Gasteiger partial charge in [0.05, 0.1) is 0 Å². The minimum absolute atomic E-state index is 0.259. The van der Waals surface area contributed by atoms with E-state index >= 15 is 0 Å². The number of hydrogen-bond donors (Lipinski definition) is 1. The number of benzene rings is 1. The molecule has 1 saturated heterocycles. The third-order valence-electron chi connectivity index (χ3n) is 3.39. The van der Waals surface area contributed by atoms with E-state index in [2.05, 4.69) is 23.4 Å². The summed E-state index contributed by atoms with van der Waals surface area (Å²) in [4.78, 5) is 0. The number of nitrogens with zero attached hydrogens (tertiary/aromatic N) is 1. The van der Waals surface area contributed by atoms with Crippen LogP contribution in [0, 0.1) is 6.92 Å². The summed E-state index contributed by atoms with van der Waals surface area (Å²) in [6, 6.07) is 8.16. The van der Waals surface area contributed by atoms with Crippen LogP contribution in [0.25, 0.3) is 0 Å². The van der Waals surface area contributed by atoms with Crippen molar-refractivity contribution >= 4 is 10.1 Å². The maximum absolute atomic E-state index is 12.0. The molecule has 102 valence electrons. The highest BCUT2D eigenvalue weighted by molar-refractivity contribution is 7.99. The molecule has 18 heavy (non-hydrogen) atoms. The van der Waals surface area contributed by atoms with Gasteiger partial charge in [-0.2, -0.15) is 0 Å². The first kappa shape index (κ1) is 13.6. The van der Waals surface area contributed by atoms with E-state index < -0.39 is 10.1 Å². The number of rotatable bonds is 3. The largest absolute Gasteiger partial charge is 0.490 e. The lowest BCUT2D eigenvalue weighted by Gasteiger charge is -2.36. The van der Waals surface area contributed by atoms with Crippen LogP contribution < -0.4 is 4.74 Å². The van der Waals surface area contributed by atoms with E-state index in [1.807, 2.05) is 24.6 Å². The standard InChI is InChI=1S/C14H23NO2S/c1-12-5-4-6-14(11-12)17-13-7-9-15(10-8-13)18(2,3)16/h4-6,11,13,18H,7-10H2,1-3H3. The van der Waals surface area contributed by atoms with Gasteiger partial charge < -0.3 is 4.74 Å². The first-order valence-corrected chi connectivity index (χ1v) is 9.04. The highest BCUT2D eigenvalue weighted by atomic mass is 32.3. The Morgan fingerprint density at radius 1 is 1.28 bits per heavy atom. The zero-order valence-corrected chi connectivity index (χ0v) is 12.3. The van der Waals surface area contributed by atoms with Gasteiger partial charge in [0.1, 0.15) is 11.9 Å². The summed E-state index contributed by atoms with van der Waals surface area (Å²) in [5.74, 6) is 0.949. The van der Waals surface area contributed by atoms with E-state index in [1.54, 1.807) is 0 Å². The number of hydrogen-bond acceptors (Lipinski definition) is 2. The van der Waals surface area contributed by atoms with Crippen LogP contribution in [-0.2, 0) is 10.1 Å². The summed E-state index contributed by atoms with van der Waals surface area (Å²) in [6.07, 6.45) is 5.86. The summed E-state index contributed by atoms with van der Waals surface area (Å²) >= 11 is 0. The molecule has 1 fully saturated rings. The highest BCUT2D eigenvalue weighted by Crippen LogP contribution is 2.21. The van der Waals surface area contributed by atoms with Crippen molar-refractivity contribution in [2.24, 2.45) is 0 Å². The van der Waals surface area contributed by atoms with E-state index in [0.29, 0.717) is 0 Å². The Morgan fingerprint density at radius 3 is 2.50 bits per heavy atom. The normalized spacial score (nSPS) is 19.7. The van der Waals surface area contributed by atoms with Gasteiger partial charge >= 0.3 is 0 Å². The summed E-state index contributed by atoms with van der Waals surface area (Å²) in [6.45, 7) is 3.82. The Labute approximate surface area is 111 Å². The molecule has 0 unspecified atom stereocenters. The molecule has 0 spiro atoms. The van der Waals surface area contributed by atoms with Crippen LogP contribution in [0.5, 0.6) is 5.75 Å². The van der Waals surface area contributed by atoms with Crippen molar-refractivity contribution in [3.05, 3.63) is 29.8 Å². The van der Waals surface area contributed by atoms with E-state index in [-0.39, 0.29) is 6.10 Å². The van der Waals surface area contributed by atoms with E-state index in [1.165, 1.54) is 5.56 Å². The van der Waals surface area contributed by atoms with Crippen molar-refractivity contribution in [1.29, 1.82) is 0 Å². The Kier molecular flexibility index (Phi) is 4.07. The van der Waals surface area contributed by atoms with E-state index in [0.717, 1.165) is 31.7 Å². The van der Waals surface area contributed by atoms with Crippen LogP contribution in [-0.4, -0.2) is 40.2 Å². The fourth-order valence-corrected chi connectivity index (χ4v) is 3.52. The smallest absolute Gasteiger partial charge is 0.119 e. The van der Waals surface area contributed by atoms with Crippen molar-refractivity contribution < 1.29 is 8.95 Å². The molecule has 0 aliphatic carbocycles. The Balaban J connectivity index is 1.89.